The molecule has 1 aliphatic rings. The average Bonchev–Trinajstić information content (AvgIpc) is 4.04. The van der Waals surface area contributed by atoms with Crippen LogP contribution in [-0.4, -0.2) is 37.0 Å². The minimum absolute atomic E-state index is 0.131. The fourth-order valence-electron chi connectivity index (χ4n) is 7.52. The number of H-pyrrole nitrogens is 4. The summed E-state index contributed by atoms with van der Waals surface area (Å²) in [4.78, 5) is 14.3. The Labute approximate surface area is 312 Å². The molecule has 4 aromatic carbocycles. The summed E-state index contributed by atoms with van der Waals surface area (Å²) in [5.41, 5.74) is 6.71. The van der Waals surface area contributed by atoms with Crippen molar-refractivity contribution in [2.24, 2.45) is 5.16 Å². The van der Waals surface area contributed by atoms with Crippen LogP contribution in [0.3, 0.4) is 0 Å². The first-order valence-corrected chi connectivity index (χ1v) is 17.7. The maximum absolute atomic E-state index is 14.8. The molecule has 55 heavy (non-hydrogen) atoms. The van der Waals surface area contributed by atoms with Gasteiger partial charge >= 0.3 is 6.18 Å². The highest BCUT2D eigenvalue weighted by Gasteiger charge is 2.40. The molecule has 268 valence electrons. The van der Waals surface area contributed by atoms with Crippen LogP contribution in [-0.2, 0) is 0 Å². The number of hydrogen-bond acceptors (Lipinski definition) is 2. The fourth-order valence-corrected chi connectivity index (χ4v) is 7.52. The molecule has 0 saturated heterocycles. The zero-order valence-electron chi connectivity index (χ0n) is 29.1. The van der Waals surface area contributed by atoms with Crippen molar-refractivity contribution >= 4 is 28.0 Å². The molecular formula is C46H32F3N5O. The van der Waals surface area contributed by atoms with Gasteiger partial charge in [0.25, 0.3) is 0 Å². The quantitative estimate of drug-likeness (QED) is 0.0735. The summed E-state index contributed by atoms with van der Waals surface area (Å²) in [5.74, 6) is 0. The Morgan fingerprint density at radius 3 is 1.16 bits per heavy atom. The van der Waals surface area contributed by atoms with E-state index in [9.17, 15) is 18.4 Å². The maximum atomic E-state index is 14.8. The van der Waals surface area contributed by atoms with E-state index in [0.29, 0.717) is 33.1 Å². The third kappa shape index (κ3) is 6.11. The van der Waals surface area contributed by atoms with Gasteiger partial charge in [0.2, 0.25) is 0 Å². The minimum Gasteiger partial charge on any atom is -0.410 e. The van der Waals surface area contributed by atoms with Gasteiger partial charge in [-0.1, -0.05) is 126 Å². The number of fused-ring (bicyclic) bond motifs is 8. The van der Waals surface area contributed by atoms with Gasteiger partial charge in [-0.05, 0) is 64.7 Å². The first kappa shape index (κ1) is 33.6. The molecule has 0 aliphatic carbocycles. The SMILES string of the molecule is ON=C(c1cc2[nH]c1C(c1ccccc1)=c1ccc([nH]1)=C(c1ccccc1)c1ccc([nH]1)C(c1ccccc1)=c1ccc([nH]1)=C2c1ccccc1)C(F)(F)F. The second-order valence-electron chi connectivity index (χ2n) is 13.2. The number of oxime groups is 1. The summed E-state index contributed by atoms with van der Waals surface area (Å²) in [6.45, 7) is 0. The molecule has 0 amide bonds. The molecule has 0 fully saturated rings. The van der Waals surface area contributed by atoms with Gasteiger partial charge in [-0.15, -0.1) is 0 Å². The van der Waals surface area contributed by atoms with E-state index in [1.165, 1.54) is 6.07 Å². The zero-order valence-corrected chi connectivity index (χ0v) is 29.1. The van der Waals surface area contributed by atoms with Gasteiger partial charge < -0.3 is 25.1 Å². The third-order valence-electron chi connectivity index (χ3n) is 9.88. The fraction of sp³-hybridized carbons (Fsp3) is 0.0217. The Bertz CT molecular complexity index is 2950. The van der Waals surface area contributed by atoms with E-state index >= 15 is 0 Å². The van der Waals surface area contributed by atoms with E-state index in [0.717, 1.165) is 49.9 Å². The van der Waals surface area contributed by atoms with E-state index in [2.05, 4.69) is 37.2 Å². The molecular weight excluding hydrogens is 696 g/mol. The number of nitrogens with one attached hydrogen (secondary N) is 4. The summed E-state index contributed by atoms with van der Waals surface area (Å²) in [6, 6.07) is 52.0. The number of nitrogens with zero attached hydrogens (tertiary/aromatic N) is 1. The van der Waals surface area contributed by atoms with Crippen LogP contribution in [0.2, 0.25) is 0 Å². The second kappa shape index (κ2) is 13.6. The topological polar surface area (TPSA) is 95.8 Å². The van der Waals surface area contributed by atoms with Crippen molar-refractivity contribution in [2.45, 2.75) is 6.18 Å². The van der Waals surface area contributed by atoms with Gasteiger partial charge in [0, 0.05) is 66.3 Å². The van der Waals surface area contributed by atoms with Crippen LogP contribution in [0.25, 0.3) is 22.3 Å². The number of aromatic nitrogens is 4. The number of alkyl halides is 3. The van der Waals surface area contributed by atoms with Crippen molar-refractivity contribution in [3.05, 3.63) is 236 Å². The second-order valence-corrected chi connectivity index (χ2v) is 13.2. The van der Waals surface area contributed by atoms with E-state index in [4.69, 9.17) is 0 Å². The van der Waals surface area contributed by atoms with Gasteiger partial charge in [0.15, 0.2) is 5.71 Å². The van der Waals surface area contributed by atoms with Crippen LogP contribution in [0.1, 0.15) is 50.6 Å². The van der Waals surface area contributed by atoms with Crippen molar-refractivity contribution in [3.8, 4) is 0 Å². The summed E-state index contributed by atoms with van der Waals surface area (Å²) in [5, 5.41) is 15.7. The van der Waals surface area contributed by atoms with Crippen molar-refractivity contribution in [3.63, 3.8) is 0 Å². The first-order chi connectivity index (χ1) is 26.9. The third-order valence-corrected chi connectivity index (χ3v) is 9.88. The van der Waals surface area contributed by atoms with Crippen molar-refractivity contribution < 1.29 is 18.4 Å². The van der Waals surface area contributed by atoms with Gasteiger partial charge in [0.1, 0.15) is 0 Å². The minimum atomic E-state index is -4.98. The lowest BCUT2D eigenvalue weighted by Crippen LogP contribution is -2.25. The smallest absolute Gasteiger partial charge is 0.410 e. The van der Waals surface area contributed by atoms with E-state index < -0.39 is 11.9 Å². The number of halogens is 3. The van der Waals surface area contributed by atoms with Crippen LogP contribution < -0.4 is 21.4 Å². The Hall–Kier alpha value is -7.26. The highest BCUT2D eigenvalue weighted by atomic mass is 19.4. The van der Waals surface area contributed by atoms with Crippen LogP contribution in [0.5, 0.6) is 0 Å². The predicted molar refractivity (Wildman–Crippen MR) is 208 cm³/mol. The maximum Gasteiger partial charge on any atom is 0.437 e. The lowest BCUT2D eigenvalue weighted by molar-refractivity contribution is -0.0601. The molecule has 6 nitrogen and oxygen atoms in total. The van der Waals surface area contributed by atoms with Crippen LogP contribution >= 0.6 is 0 Å². The summed E-state index contributed by atoms with van der Waals surface area (Å²) >= 11 is 0. The first-order valence-electron chi connectivity index (χ1n) is 17.7. The normalized spacial score (nSPS) is 13.4. The molecule has 8 bridgehead atoms. The molecule has 0 spiro atoms. The Morgan fingerprint density at radius 1 is 0.418 bits per heavy atom. The lowest BCUT2D eigenvalue weighted by Gasteiger charge is -2.12. The largest absolute Gasteiger partial charge is 0.437 e. The number of benzene rings is 4. The van der Waals surface area contributed by atoms with E-state index in [-0.39, 0.29) is 11.3 Å². The number of rotatable bonds is 5. The van der Waals surface area contributed by atoms with E-state index in [1.807, 2.05) is 146 Å². The molecule has 5 N–H and O–H groups in total. The molecule has 9 rings (SSSR count). The molecule has 1 aliphatic heterocycles. The van der Waals surface area contributed by atoms with Gasteiger partial charge in [-0.2, -0.15) is 13.2 Å². The van der Waals surface area contributed by atoms with Gasteiger partial charge in [0.05, 0.1) is 5.69 Å². The molecule has 5 heterocycles. The Kier molecular flexibility index (Phi) is 8.31. The summed E-state index contributed by atoms with van der Waals surface area (Å²) < 4.78 is 44.5. The monoisotopic (exact) mass is 727 g/mol. The Balaban J connectivity index is 1.50. The molecule has 0 saturated carbocycles. The van der Waals surface area contributed by atoms with Crippen molar-refractivity contribution in [1.82, 2.24) is 19.9 Å². The highest BCUT2D eigenvalue weighted by Crippen LogP contribution is 2.34. The summed E-state index contributed by atoms with van der Waals surface area (Å²) in [6.07, 6.45) is -4.98. The van der Waals surface area contributed by atoms with Crippen LogP contribution in [0.4, 0.5) is 13.2 Å². The van der Waals surface area contributed by atoms with Crippen molar-refractivity contribution in [2.75, 3.05) is 0 Å². The van der Waals surface area contributed by atoms with Gasteiger partial charge in [-0.3, -0.25) is 0 Å². The van der Waals surface area contributed by atoms with Gasteiger partial charge in [-0.25, -0.2) is 0 Å². The molecule has 0 radical (unpaired) electrons. The lowest BCUT2D eigenvalue weighted by atomic mass is 9.97. The molecule has 4 aromatic heterocycles. The van der Waals surface area contributed by atoms with E-state index in [1.54, 1.807) is 0 Å². The Morgan fingerprint density at radius 2 is 0.782 bits per heavy atom. The zero-order chi connectivity index (χ0) is 37.5. The summed E-state index contributed by atoms with van der Waals surface area (Å²) in [7, 11) is 0. The number of hydrogen-bond donors (Lipinski definition) is 5. The molecule has 8 aromatic rings. The average molecular weight is 728 g/mol. The molecule has 0 atom stereocenters. The molecule has 9 heteroatoms. The number of aromatic amines is 4. The van der Waals surface area contributed by atoms with Crippen LogP contribution in [0.15, 0.2) is 169 Å². The molecule has 0 unspecified atom stereocenters. The van der Waals surface area contributed by atoms with Crippen LogP contribution in [0, 0.1) is 0 Å². The standard InChI is InChI=1S/C46H32F3N5O/c47-46(48,49)45(54-55)32-27-39-42(30-17-9-3-10-18-30)37-24-23-35(51-37)40(28-13-5-1-6-14-28)33-21-22-34(50-33)41(29-15-7-2-8-16-29)36-25-26-38(52-36)43(44(32)53-39)31-19-11-4-12-20-31/h1-27,50-53,55H. The predicted octanol–water partition coefficient (Wildman–Crippen LogP) is 7.04. The highest BCUT2D eigenvalue weighted by molar-refractivity contribution is 6.09. The van der Waals surface area contributed by atoms with Crippen molar-refractivity contribution in [1.29, 1.82) is 0 Å².